The predicted octanol–water partition coefficient (Wildman–Crippen LogP) is 3.48. The highest BCUT2D eigenvalue weighted by Gasteiger charge is 1.89. The van der Waals surface area contributed by atoms with Crippen LogP contribution >= 0.6 is 0 Å². The largest absolute Gasteiger partial charge is 0.508 e. The second-order valence-corrected chi connectivity index (χ2v) is 3.55. The van der Waals surface area contributed by atoms with Gasteiger partial charge < -0.3 is 10.8 Å². The van der Waals surface area contributed by atoms with E-state index in [0.29, 0.717) is 5.69 Å². The average Bonchev–Trinajstić information content (AvgIpc) is 2.30. The molecule has 0 aliphatic carbocycles. The zero-order valence-corrected chi connectivity index (χ0v) is 8.72. The van der Waals surface area contributed by atoms with Gasteiger partial charge in [-0.3, -0.25) is 0 Å². The van der Waals surface area contributed by atoms with E-state index in [1.807, 2.05) is 36.4 Å². The van der Waals surface area contributed by atoms with Crippen molar-refractivity contribution in [2.75, 3.05) is 0 Å². The van der Waals surface area contributed by atoms with Crippen molar-refractivity contribution in [2.24, 2.45) is 0 Å². The second kappa shape index (κ2) is 4.53. The molecule has 0 atom stereocenters. The lowest BCUT2D eigenvalue weighted by atomic mass is 10.1. The molecule has 2 heteroatoms. The third-order valence-electron chi connectivity index (χ3n) is 2.27. The van der Waals surface area contributed by atoms with Gasteiger partial charge in [0.1, 0.15) is 5.75 Å². The van der Waals surface area contributed by atoms with Crippen molar-refractivity contribution in [3.8, 4) is 5.75 Å². The van der Waals surface area contributed by atoms with Crippen LogP contribution in [0.15, 0.2) is 48.5 Å². The highest BCUT2D eigenvalue weighted by molar-refractivity contribution is 5.70. The summed E-state index contributed by atoms with van der Waals surface area (Å²) >= 11 is 0. The average molecular weight is 210 g/mol. The zero-order chi connectivity index (χ0) is 11.4. The minimum Gasteiger partial charge on any atom is -0.508 e. The Labute approximate surface area is 94.7 Å². The summed E-state index contributed by atoms with van der Waals surface area (Å²) < 4.78 is 0. The van der Waals surface area contributed by atoms with Crippen LogP contribution in [-0.4, -0.2) is 5.11 Å². The fourth-order valence-corrected chi connectivity index (χ4v) is 1.37. The van der Waals surface area contributed by atoms with Crippen LogP contribution in [0.1, 0.15) is 11.1 Å². The maximum atomic E-state index is 9.13. The van der Waals surface area contributed by atoms with Crippen LogP contribution in [-0.2, 0) is 0 Å². The summed E-state index contributed by atoms with van der Waals surface area (Å²) in [7, 11) is 0. The van der Waals surface area contributed by atoms with Gasteiger partial charge in [-0.05, 0) is 35.4 Å². The van der Waals surface area contributed by atoms with Crippen LogP contribution in [0, 0.1) is 0 Å². The normalized spacial score (nSPS) is 10.8. The molecule has 0 saturated carbocycles. The number of aromatic hydroxyl groups is 1. The molecule has 0 heterocycles. The Morgan fingerprint density at radius 2 is 1.19 bits per heavy atom. The fourth-order valence-electron chi connectivity index (χ4n) is 1.37. The molecule has 0 aliphatic heterocycles. The summed E-state index contributed by atoms with van der Waals surface area (Å²) in [5.41, 5.74) is 9.97. The minimum atomic E-state index is 0.274. The van der Waals surface area contributed by atoms with Crippen LogP contribution in [0.25, 0.3) is 12.2 Å². The molecule has 2 N–H and O–H groups in total. The van der Waals surface area contributed by atoms with Crippen molar-refractivity contribution < 1.29 is 5.11 Å². The smallest absolute Gasteiger partial charge is 0.115 e. The van der Waals surface area contributed by atoms with Crippen molar-refractivity contribution in [1.29, 1.82) is 0 Å². The van der Waals surface area contributed by atoms with E-state index in [-0.39, 0.29) is 5.75 Å². The molecule has 0 saturated heterocycles. The molecule has 0 unspecified atom stereocenters. The molecular formula is C14H12NO. The van der Waals surface area contributed by atoms with Gasteiger partial charge in [-0.15, -0.1) is 0 Å². The Morgan fingerprint density at radius 3 is 1.69 bits per heavy atom. The lowest BCUT2D eigenvalue weighted by Gasteiger charge is -1.96. The molecule has 0 spiro atoms. The summed E-state index contributed by atoms with van der Waals surface area (Å²) in [5.74, 6) is 0.274. The summed E-state index contributed by atoms with van der Waals surface area (Å²) in [6.07, 6.45) is 3.95. The minimum absolute atomic E-state index is 0.274. The van der Waals surface area contributed by atoms with E-state index in [1.165, 1.54) is 0 Å². The first-order valence-corrected chi connectivity index (χ1v) is 5.03. The molecule has 2 nitrogen and oxygen atoms in total. The first-order valence-electron chi connectivity index (χ1n) is 5.03. The predicted molar refractivity (Wildman–Crippen MR) is 66.2 cm³/mol. The maximum absolute atomic E-state index is 9.13. The van der Waals surface area contributed by atoms with Crippen LogP contribution in [0.2, 0.25) is 0 Å². The van der Waals surface area contributed by atoms with Crippen molar-refractivity contribution in [3.63, 3.8) is 0 Å². The lowest BCUT2D eigenvalue weighted by molar-refractivity contribution is 0.475. The monoisotopic (exact) mass is 210 g/mol. The molecular weight excluding hydrogens is 198 g/mol. The third kappa shape index (κ3) is 2.64. The molecule has 0 aliphatic rings. The van der Waals surface area contributed by atoms with Crippen molar-refractivity contribution in [1.82, 2.24) is 5.73 Å². The van der Waals surface area contributed by atoms with Gasteiger partial charge in [0, 0.05) is 0 Å². The molecule has 1 radical (unpaired) electrons. The Kier molecular flexibility index (Phi) is 2.92. The molecule has 0 aromatic heterocycles. The van der Waals surface area contributed by atoms with E-state index >= 15 is 0 Å². The molecule has 0 amide bonds. The first-order chi connectivity index (χ1) is 7.74. The Morgan fingerprint density at radius 1 is 0.750 bits per heavy atom. The number of hydrogen-bond donors (Lipinski definition) is 1. The number of benzene rings is 2. The van der Waals surface area contributed by atoms with Crippen LogP contribution in [0.5, 0.6) is 5.75 Å². The van der Waals surface area contributed by atoms with Gasteiger partial charge in [0.05, 0.1) is 5.69 Å². The Balaban J connectivity index is 2.15. The third-order valence-corrected chi connectivity index (χ3v) is 2.27. The molecule has 2 aromatic rings. The molecule has 79 valence electrons. The van der Waals surface area contributed by atoms with Crippen molar-refractivity contribution in [3.05, 3.63) is 59.7 Å². The highest BCUT2D eigenvalue weighted by Crippen LogP contribution is 2.13. The molecule has 0 bridgehead atoms. The highest BCUT2D eigenvalue weighted by atomic mass is 16.3. The van der Waals surface area contributed by atoms with Crippen molar-refractivity contribution >= 4 is 17.8 Å². The van der Waals surface area contributed by atoms with Gasteiger partial charge in [-0.1, -0.05) is 36.4 Å². The Bertz CT molecular complexity index is 436. The second-order valence-electron chi connectivity index (χ2n) is 3.55. The number of phenolic OH excluding ortho intramolecular Hbond substituents is 1. The molecule has 16 heavy (non-hydrogen) atoms. The van der Waals surface area contributed by atoms with E-state index in [4.69, 9.17) is 10.8 Å². The molecule has 2 rings (SSSR count). The summed E-state index contributed by atoms with van der Waals surface area (Å²) in [4.78, 5) is 0. The van der Waals surface area contributed by atoms with E-state index in [0.717, 1.165) is 11.1 Å². The maximum Gasteiger partial charge on any atom is 0.115 e. The standard InChI is InChI=1S/C14H12NO/c15-13-7-3-11(4-8-13)1-2-12-5-9-14(16)10-6-12/h1-10,15-16H/b2-1+. The molecule has 0 fully saturated rings. The summed E-state index contributed by atoms with van der Waals surface area (Å²) in [6, 6.07) is 14.3. The SMILES string of the molecule is [NH]c1ccc(/C=C/c2ccc(O)cc2)cc1. The van der Waals surface area contributed by atoms with E-state index in [2.05, 4.69) is 0 Å². The van der Waals surface area contributed by atoms with E-state index < -0.39 is 0 Å². The fraction of sp³-hybridized carbons (Fsp3) is 0. The molecule has 2 aromatic carbocycles. The van der Waals surface area contributed by atoms with Crippen molar-refractivity contribution in [2.45, 2.75) is 0 Å². The lowest BCUT2D eigenvalue weighted by Crippen LogP contribution is -1.73. The number of hydrogen-bond acceptors (Lipinski definition) is 1. The number of nitrogens with one attached hydrogen (secondary N) is 1. The van der Waals surface area contributed by atoms with Gasteiger partial charge in [0.2, 0.25) is 0 Å². The zero-order valence-electron chi connectivity index (χ0n) is 8.72. The Hall–Kier alpha value is -2.22. The van der Waals surface area contributed by atoms with E-state index in [1.54, 1.807) is 24.3 Å². The number of rotatable bonds is 2. The van der Waals surface area contributed by atoms with Crippen LogP contribution in [0.3, 0.4) is 0 Å². The van der Waals surface area contributed by atoms with E-state index in [9.17, 15) is 0 Å². The summed E-state index contributed by atoms with van der Waals surface area (Å²) in [5, 5.41) is 9.13. The van der Waals surface area contributed by atoms with Crippen LogP contribution < -0.4 is 5.73 Å². The summed E-state index contributed by atoms with van der Waals surface area (Å²) in [6.45, 7) is 0. The van der Waals surface area contributed by atoms with Gasteiger partial charge in [-0.2, -0.15) is 0 Å². The van der Waals surface area contributed by atoms with Gasteiger partial charge in [0.25, 0.3) is 0 Å². The van der Waals surface area contributed by atoms with Gasteiger partial charge >= 0.3 is 0 Å². The number of phenols is 1. The van der Waals surface area contributed by atoms with Gasteiger partial charge in [-0.25, -0.2) is 0 Å². The first kappa shape index (κ1) is 10.3. The quantitative estimate of drug-likeness (QED) is 0.758. The van der Waals surface area contributed by atoms with Gasteiger partial charge in [0.15, 0.2) is 0 Å². The topological polar surface area (TPSA) is 44.0 Å². The van der Waals surface area contributed by atoms with Crippen LogP contribution in [0.4, 0.5) is 5.69 Å².